The molecule has 0 bridgehead atoms. The predicted octanol–water partition coefficient (Wildman–Crippen LogP) is 2.06. The van der Waals surface area contributed by atoms with Crippen molar-refractivity contribution in [3.8, 4) is 11.8 Å². The van der Waals surface area contributed by atoms with Crippen molar-refractivity contribution < 1.29 is 32.2 Å². The van der Waals surface area contributed by atoms with Crippen molar-refractivity contribution in [2.75, 3.05) is 7.11 Å². The van der Waals surface area contributed by atoms with E-state index in [1.54, 1.807) is 0 Å². The molecular formula is C11H6F3NO4. The number of carbonyl (C=O) groups is 2. The van der Waals surface area contributed by atoms with E-state index in [0.717, 1.165) is 19.2 Å². The molecule has 0 saturated carbocycles. The number of carbonyl (C=O) groups excluding carboxylic acids is 2. The standard InChI is InChI=1S/C11H6F3NO4/c1-18-10(17)9-6(5-16)2-3-8(7(9)4-15)19-11(12,13)14/h2-3,5H,1H3. The molecule has 0 aliphatic carbocycles. The van der Waals surface area contributed by atoms with Gasteiger partial charge in [-0.05, 0) is 12.1 Å². The van der Waals surface area contributed by atoms with E-state index >= 15 is 0 Å². The second-order valence-electron chi connectivity index (χ2n) is 3.17. The summed E-state index contributed by atoms with van der Waals surface area (Å²) >= 11 is 0. The topological polar surface area (TPSA) is 76.4 Å². The first-order valence-corrected chi connectivity index (χ1v) is 4.70. The van der Waals surface area contributed by atoms with Crippen LogP contribution in [0.4, 0.5) is 13.2 Å². The lowest BCUT2D eigenvalue weighted by Gasteiger charge is -2.13. The van der Waals surface area contributed by atoms with Crippen molar-refractivity contribution >= 4 is 12.3 Å². The number of hydrogen-bond donors (Lipinski definition) is 0. The first-order valence-electron chi connectivity index (χ1n) is 4.70. The van der Waals surface area contributed by atoms with Crippen LogP contribution in [-0.2, 0) is 4.74 Å². The highest BCUT2D eigenvalue weighted by molar-refractivity contribution is 6.01. The zero-order chi connectivity index (χ0) is 14.6. The first kappa shape index (κ1) is 14.5. The fourth-order valence-corrected chi connectivity index (χ4v) is 1.34. The van der Waals surface area contributed by atoms with Crippen LogP contribution in [0.3, 0.4) is 0 Å². The van der Waals surface area contributed by atoms with Crippen LogP contribution in [0.1, 0.15) is 26.3 Å². The van der Waals surface area contributed by atoms with Gasteiger partial charge in [0.25, 0.3) is 0 Å². The number of hydrogen-bond acceptors (Lipinski definition) is 5. The maximum absolute atomic E-state index is 12.1. The molecule has 0 heterocycles. The van der Waals surface area contributed by atoms with Gasteiger partial charge in [-0.15, -0.1) is 13.2 Å². The van der Waals surface area contributed by atoms with E-state index in [0.29, 0.717) is 0 Å². The SMILES string of the molecule is COC(=O)c1c(C=O)ccc(OC(F)(F)F)c1C#N. The van der Waals surface area contributed by atoms with Gasteiger partial charge in [0.2, 0.25) is 0 Å². The fourth-order valence-electron chi connectivity index (χ4n) is 1.34. The lowest BCUT2D eigenvalue weighted by molar-refractivity contribution is -0.274. The van der Waals surface area contributed by atoms with Gasteiger partial charge in [-0.2, -0.15) is 5.26 Å². The van der Waals surface area contributed by atoms with Crippen LogP contribution in [0.2, 0.25) is 0 Å². The molecule has 0 fully saturated rings. The monoisotopic (exact) mass is 273 g/mol. The number of alkyl halides is 3. The molecule has 1 aromatic carbocycles. The number of nitriles is 1. The molecule has 0 aliphatic rings. The number of methoxy groups -OCH3 is 1. The molecule has 0 aliphatic heterocycles. The maximum Gasteiger partial charge on any atom is 0.573 e. The van der Waals surface area contributed by atoms with Crippen LogP contribution >= 0.6 is 0 Å². The summed E-state index contributed by atoms with van der Waals surface area (Å²) in [6.07, 6.45) is -4.80. The van der Waals surface area contributed by atoms with Crippen LogP contribution in [-0.4, -0.2) is 25.7 Å². The number of aldehydes is 1. The normalized spacial score (nSPS) is 10.5. The summed E-state index contributed by atoms with van der Waals surface area (Å²) in [7, 11) is 0.968. The van der Waals surface area contributed by atoms with Crippen LogP contribution in [0.5, 0.6) is 5.75 Å². The lowest BCUT2D eigenvalue weighted by Crippen LogP contribution is -2.19. The lowest BCUT2D eigenvalue weighted by atomic mass is 10.0. The van der Waals surface area contributed by atoms with Crippen molar-refractivity contribution in [2.45, 2.75) is 6.36 Å². The summed E-state index contributed by atoms with van der Waals surface area (Å²) in [6, 6.07) is 3.10. The number of nitrogens with zero attached hydrogens (tertiary/aromatic N) is 1. The van der Waals surface area contributed by atoms with Crippen molar-refractivity contribution in [3.05, 3.63) is 28.8 Å². The minimum Gasteiger partial charge on any atom is -0.465 e. The minimum atomic E-state index is -5.03. The van der Waals surface area contributed by atoms with E-state index in [2.05, 4.69) is 9.47 Å². The van der Waals surface area contributed by atoms with E-state index in [9.17, 15) is 22.8 Å². The van der Waals surface area contributed by atoms with Gasteiger partial charge >= 0.3 is 12.3 Å². The van der Waals surface area contributed by atoms with Gasteiger partial charge in [-0.1, -0.05) is 0 Å². The predicted molar refractivity (Wildman–Crippen MR) is 54.6 cm³/mol. The van der Waals surface area contributed by atoms with E-state index in [1.165, 1.54) is 6.07 Å². The molecule has 0 aromatic heterocycles. The Morgan fingerprint density at radius 3 is 2.47 bits per heavy atom. The van der Waals surface area contributed by atoms with Gasteiger partial charge in [0.1, 0.15) is 17.4 Å². The largest absolute Gasteiger partial charge is 0.573 e. The second kappa shape index (κ2) is 5.39. The van der Waals surface area contributed by atoms with Crippen LogP contribution in [0, 0.1) is 11.3 Å². The molecule has 0 saturated heterocycles. The van der Waals surface area contributed by atoms with Gasteiger partial charge in [0, 0.05) is 5.56 Å². The molecule has 8 heteroatoms. The Labute approximate surface area is 105 Å². The molecule has 0 unspecified atom stereocenters. The average molecular weight is 273 g/mol. The minimum absolute atomic E-state index is 0.227. The van der Waals surface area contributed by atoms with Gasteiger partial charge in [0.05, 0.1) is 12.7 Å². The molecule has 0 N–H and O–H groups in total. The second-order valence-corrected chi connectivity index (χ2v) is 3.17. The Balaban J connectivity index is 3.50. The first-order chi connectivity index (χ1) is 8.84. The quantitative estimate of drug-likeness (QED) is 0.622. The van der Waals surface area contributed by atoms with E-state index in [-0.39, 0.29) is 11.8 Å². The Morgan fingerprint density at radius 2 is 2.05 bits per heavy atom. The molecule has 1 rings (SSSR count). The summed E-state index contributed by atoms with van der Waals surface area (Å²) in [4.78, 5) is 22.2. The molecular weight excluding hydrogens is 267 g/mol. The smallest absolute Gasteiger partial charge is 0.465 e. The number of ether oxygens (including phenoxy) is 2. The number of rotatable bonds is 3. The Bertz CT molecular complexity index is 560. The maximum atomic E-state index is 12.1. The van der Waals surface area contributed by atoms with E-state index < -0.39 is 29.2 Å². The molecule has 1 aromatic rings. The third kappa shape index (κ3) is 3.22. The molecule has 0 radical (unpaired) electrons. The van der Waals surface area contributed by atoms with Crippen molar-refractivity contribution in [1.29, 1.82) is 5.26 Å². The summed E-state index contributed by atoms with van der Waals surface area (Å²) in [5.41, 5.74) is -1.55. The van der Waals surface area contributed by atoms with Crippen LogP contribution < -0.4 is 4.74 Å². The molecule has 0 amide bonds. The van der Waals surface area contributed by atoms with E-state index in [4.69, 9.17) is 5.26 Å². The molecule has 0 atom stereocenters. The summed E-state index contributed by atoms with van der Waals surface area (Å²) in [5, 5.41) is 8.84. The highest BCUT2D eigenvalue weighted by Crippen LogP contribution is 2.30. The van der Waals surface area contributed by atoms with Crippen LogP contribution in [0.15, 0.2) is 12.1 Å². The summed E-state index contributed by atoms with van der Waals surface area (Å²) in [6.45, 7) is 0. The summed E-state index contributed by atoms with van der Waals surface area (Å²) in [5.74, 6) is -1.98. The Kier molecular flexibility index (Phi) is 4.11. The van der Waals surface area contributed by atoms with Gasteiger partial charge in [-0.25, -0.2) is 4.79 Å². The van der Waals surface area contributed by atoms with Crippen molar-refractivity contribution in [1.82, 2.24) is 0 Å². The average Bonchev–Trinajstić information content (AvgIpc) is 2.35. The highest BCUT2D eigenvalue weighted by Gasteiger charge is 2.33. The zero-order valence-corrected chi connectivity index (χ0v) is 9.45. The van der Waals surface area contributed by atoms with Gasteiger partial charge in [-0.3, -0.25) is 4.79 Å². The number of halogens is 3. The molecule has 100 valence electrons. The summed E-state index contributed by atoms with van der Waals surface area (Å²) < 4.78 is 44.3. The van der Waals surface area contributed by atoms with Crippen LogP contribution in [0.25, 0.3) is 0 Å². The number of benzene rings is 1. The van der Waals surface area contributed by atoms with E-state index in [1.807, 2.05) is 0 Å². The van der Waals surface area contributed by atoms with Gasteiger partial charge in [0.15, 0.2) is 6.29 Å². The molecule has 0 spiro atoms. The zero-order valence-electron chi connectivity index (χ0n) is 9.45. The van der Waals surface area contributed by atoms with Gasteiger partial charge < -0.3 is 9.47 Å². The highest BCUT2D eigenvalue weighted by atomic mass is 19.4. The molecule has 5 nitrogen and oxygen atoms in total. The van der Waals surface area contributed by atoms with Crippen molar-refractivity contribution in [2.24, 2.45) is 0 Å². The van der Waals surface area contributed by atoms with Crippen molar-refractivity contribution in [3.63, 3.8) is 0 Å². The number of esters is 1. The Morgan fingerprint density at radius 1 is 1.42 bits per heavy atom. The fraction of sp³-hybridized carbons (Fsp3) is 0.182. The Hall–Kier alpha value is -2.56. The molecule has 19 heavy (non-hydrogen) atoms. The third-order valence-corrected chi connectivity index (χ3v) is 2.05. The third-order valence-electron chi connectivity index (χ3n) is 2.05.